The first-order chi connectivity index (χ1) is 6.91. The van der Waals surface area contributed by atoms with Gasteiger partial charge in [0.15, 0.2) is 0 Å². The number of rotatable bonds is 2. The highest BCUT2D eigenvalue weighted by atomic mass is 32.2. The van der Waals surface area contributed by atoms with Crippen molar-refractivity contribution in [3.63, 3.8) is 0 Å². The van der Waals surface area contributed by atoms with E-state index in [-0.39, 0.29) is 0 Å². The third-order valence-electron chi connectivity index (χ3n) is 1.75. The average molecular weight is 227 g/mol. The van der Waals surface area contributed by atoms with Gasteiger partial charge in [-0.15, -0.1) is 0 Å². The zero-order valence-electron chi connectivity index (χ0n) is 7.88. The summed E-state index contributed by atoms with van der Waals surface area (Å²) in [6.45, 7) is 3.61. The fourth-order valence-electron chi connectivity index (χ4n) is 0.993. The summed E-state index contributed by atoms with van der Waals surface area (Å²) in [7, 11) is -4.20. The predicted octanol–water partition coefficient (Wildman–Crippen LogP) is 0.560. The lowest BCUT2D eigenvalue weighted by Gasteiger charge is -2.12. The Morgan fingerprint density at radius 3 is 2.33 bits per heavy atom. The first kappa shape index (κ1) is 11.7. The average Bonchev–Trinajstić information content (AvgIpc) is 2.17. The van der Waals surface area contributed by atoms with Gasteiger partial charge in [0.25, 0.3) is 10.0 Å². The fourth-order valence-corrected chi connectivity index (χ4v) is 1.30. The maximum Gasteiger partial charge on any atom is 0.351 e. The van der Waals surface area contributed by atoms with Gasteiger partial charge in [-0.2, -0.15) is 0 Å². The summed E-state index contributed by atoms with van der Waals surface area (Å²) in [6, 6.07) is 8.13. The van der Waals surface area contributed by atoms with E-state index < -0.39 is 21.3 Å². The largest absolute Gasteiger partial charge is 0.351 e. The number of primary sulfonamides is 1. The second-order valence-corrected chi connectivity index (χ2v) is 4.40. The molecule has 5 nitrogen and oxygen atoms in total. The summed E-state index contributed by atoms with van der Waals surface area (Å²) in [5.74, 6) is 0. The molecule has 1 amide bonds. The van der Waals surface area contributed by atoms with Crippen LogP contribution in [0.4, 0.5) is 4.79 Å². The molecule has 1 aromatic rings. The lowest BCUT2D eigenvalue weighted by atomic mass is 10.1. The molecule has 0 spiro atoms. The molecule has 0 aliphatic heterocycles. The zero-order chi connectivity index (χ0) is 11.5. The van der Waals surface area contributed by atoms with E-state index in [0.717, 1.165) is 0 Å². The van der Waals surface area contributed by atoms with Gasteiger partial charge in [0, 0.05) is 0 Å². The van der Waals surface area contributed by atoms with Crippen molar-refractivity contribution in [1.29, 1.82) is 0 Å². The Hall–Kier alpha value is -1.40. The highest BCUT2D eigenvalue weighted by Gasteiger charge is 2.18. The Morgan fingerprint density at radius 2 is 1.87 bits per heavy atom. The van der Waals surface area contributed by atoms with Crippen molar-refractivity contribution in [2.75, 3.05) is 0 Å². The van der Waals surface area contributed by atoms with Crippen LogP contribution in [0, 0.1) is 6.92 Å². The molecular formula is C9H11N2O3S. The van der Waals surface area contributed by atoms with E-state index >= 15 is 0 Å². The van der Waals surface area contributed by atoms with Crippen LogP contribution in [0.1, 0.15) is 11.6 Å². The smallest absolute Gasteiger partial charge is 0.335 e. The van der Waals surface area contributed by atoms with E-state index in [1.54, 1.807) is 30.3 Å². The van der Waals surface area contributed by atoms with Crippen LogP contribution in [0.2, 0.25) is 0 Å². The van der Waals surface area contributed by atoms with Gasteiger partial charge in [-0.1, -0.05) is 30.3 Å². The van der Waals surface area contributed by atoms with Crippen LogP contribution in [0.3, 0.4) is 0 Å². The van der Waals surface area contributed by atoms with Crippen molar-refractivity contribution < 1.29 is 13.2 Å². The highest BCUT2D eigenvalue weighted by Crippen LogP contribution is 2.10. The number of benzene rings is 1. The topological polar surface area (TPSA) is 89.3 Å². The van der Waals surface area contributed by atoms with E-state index in [9.17, 15) is 13.2 Å². The molecule has 6 heteroatoms. The quantitative estimate of drug-likeness (QED) is 0.773. The van der Waals surface area contributed by atoms with Crippen molar-refractivity contribution in [1.82, 2.24) is 5.32 Å². The molecule has 0 saturated heterocycles. The Balaban J connectivity index is 2.73. The number of hydrogen-bond acceptors (Lipinski definition) is 3. The Kier molecular flexibility index (Phi) is 3.43. The maximum absolute atomic E-state index is 11.0. The first-order valence-electron chi connectivity index (χ1n) is 4.12. The Morgan fingerprint density at radius 1 is 1.33 bits per heavy atom. The van der Waals surface area contributed by atoms with E-state index in [4.69, 9.17) is 0 Å². The second kappa shape index (κ2) is 4.41. The molecule has 15 heavy (non-hydrogen) atoms. The van der Waals surface area contributed by atoms with E-state index in [1.165, 1.54) is 0 Å². The number of nitrogens with two attached hydrogens (primary N) is 1. The lowest BCUT2D eigenvalue weighted by Crippen LogP contribution is -2.36. The molecule has 0 aromatic heterocycles. The summed E-state index contributed by atoms with van der Waals surface area (Å²) in [5.41, 5.74) is 0.703. The van der Waals surface area contributed by atoms with Crippen LogP contribution in [-0.2, 0) is 10.0 Å². The third kappa shape index (κ3) is 3.34. The van der Waals surface area contributed by atoms with E-state index in [0.29, 0.717) is 5.56 Å². The highest BCUT2D eigenvalue weighted by molar-refractivity contribution is 8.04. The monoisotopic (exact) mass is 227 g/mol. The number of nitrogens with one attached hydrogen (secondary N) is 1. The standard InChI is InChI=1S/C9H11N2O3S/c1-7(8-5-3-2-4-6-8)11-9(12)15(10,13)14/h2-7H,1H2,(H,11,12)(H2,10,13,14). The summed E-state index contributed by atoms with van der Waals surface area (Å²) in [4.78, 5) is 11.0. The molecule has 0 aliphatic rings. The minimum absolute atomic E-state index is 0.642. The maximum atomic E-state index is 11.0. The van der Waals surface area contributed by atoms with Gasteiger partial charge in [0.1, 0.15) is 0 Å². The van der Waals surface area contributed by atoms with Crippen molar-refractivity contribution in [3.8, 4) is 0 Å². The van der Waals surface area contributed by atoms with Crippen LogP contribution in [0.15, 0.2) is 30.3 Å². The lowest BCUT2D eigenvalue weighted by molar-refractivity contribution is 0.256. The molecule has 0 aliphatic carbocycles. The molecule has 0 bridgehead atoms. The number of carbonyl (C=O) groups excluding carboxylic acids is 1. The van der Waals surface area contributed by atoms with E-state index in [2.05, 4.69) is 17.4 Å². The summed E-state index contributed by atoms with van der Waals surface area (Å²) >= 11 is 0. The molecule has 81 valence electrons. The SMILES string of the molecule is [CH2]C(NC(=O)S(N)(=O)=O)c1ccccc1. The summed E-state index contributed by atoms with van der Waals surface area (Å²) < 4.78 is 21.3. The van der Waals surface area contributed by atoms with Gasteiger partial charge in [-0.3, -0.25) is 4.79 Å². The fraction of sp³-hybridized carbons (Fsp3) is 0.111. The van der Waals surface area contributed by atoms with Gasteiger partial charge in [0.2, 0.25) is 0 Å². The van der Waals surface area contributed by atoms with Crippen molar-refractivity contribution in [3.05, 3.63) is 42.8 Å². The van der Waals surface area contributed by atoms with Gasteiger partial charge in [-0.05, 0) is 12.5 Å². The van der Waals surface area contributed by atoms with Crippen LogP contribution in [-0.4, -0.2) is 13.7 Å². The van der Waals surface area contributed by atoms with Crippen LogP contribution in [0.5, 0.6) is 0 Å². The molecule has 1 aromatic carbocycles. The van der Waals surface area contributed by atoms with Crippen molar-refractivity contribution >= 4 is 15.3 Å². The van der Waals surface area contributed by atoms with Gasteiger partial charge >= 0.3 is 5.24 Å². The molecule has 1 unspecified atom stereocenters. The molecule has 0 fully saturated rings. The Bertz CT molecular complexity index is 442. The van der Waals surface area contributed by atoms with Crippen LogP contribution < -0.4 is 10.5 Å². The number of amides is 1. The minimum atomic E-state index is -4.20. The molecule has 1 atom stereocenters. The van der Waals surface area contributed by atoms with Gasteiger partial charge in [0.05, 0.1) is 6.04 Å². The van der Waals surface area contributed by atoms with Gasteiger partial charge in [-0.25, -0.2) is 13.6 Å². The van der Waals surface area contributed by atoms with Crippen molar-refractivity contribution in [2.45, 2.75) is 6.04 Å². The van der Waals surface area contributed by atoms with Crippen molar-refractivity contribution in [2.24, 2.45) is 5.14 Å². The normalized spacial score (nSPS) is 13.2. The Labute approximate surface area is 88.3 Å². The number of hydrogen-bond donors (Lipinski definition) is 2. The van der Waals surface area contributed by atoms with Crippen LogP contribution in [0.25, 0.3) is 0 Å². The third-order valence-corrected chi connectivity index (χ3v) is 2.39. The molecule has 0 saturated carbocycles. The first-order valence-corrected chi connectivity index (χ1v) is 5.67. The summed E-state index contributed by atoms with van der Waals surface area (Å²) in [5, 5.41) is 5.58. The molecule has 1 radical (unpaired) electrons. The minimum Gasteiger partial charge on any atom is -0.335 e. The number of sulfonamides is 1. The summed E-state index contributed by atoms with van der Waals surface area (Å²) in [6.07, 6.45) is 0. The molecule has 0 heterocycles. The predicted molar refractivity (Wildman–Crippen MR) is 56.2 cm³/mol. The molecular weight excluding hydrogens is 216 g/mol. The second-order valence-electron chi connectivity index (χ2n) is 2.94. The van der Waals surface area contributed by atoms with Crippen LogP contribution >= 0.6 is 0 Å². The number of carbonyl (C=O) groups is 1. The van der Waals surface area contributed by atoms with E-state index in [1.807, 2.05) is 0 Å². The molecule has 1 rings (SSSR count). The zero-order valence-corrected chi connectivity index (χ0v) is 8.70. The van der Waals surface area contributed by atoms with Gasteiger partial charge < -0.3 is 5.32 Å². The molecule has 3 N–H and O–H groups in total.